The summed E-state index contributed by atoms with van der Waals surface area (Å²) < 4.78 is 8.23. The zero-order chi connectivity index (χ0) is 16.9. The average Bonchev–Trinajstić information content (AvgIpc) is 3.05. The Morgan fingerprint density at radius 2 is 1.79 bits per heavy atom. The molecule has 2 nitrogen and oxygen atoms in total. The topological polar surface area (TPSA) is 12.5 Å². The minimum absolute atomic E-state index is 0.358. The lowest BCUT2D eigenvalue weighted by molar-refractivity contribution is 0.0677. The molecule has 0 radical (unpaired) electrons. The monoisotopic (exact) mass is 451 g/mol. The highest BCUT2D eigenvalue weighted by atomic mass is 79.9. The molecule has 0 aromatic heterocycles. The molecule has 4 heteroatoms. The Morgan fingerprint density at radius 1 is 1.04 bits per heavy atom. The number of benzene rings is 2. The third kappa shape index (κ3) is 4.92. The van der Waals surface area contributed by atoms with E-state index in [2.05, 4.69) is 86.1 Å². The maximum absolute atomic E-state index is 5.87. The van der Waals surface area contributed by atoms with Gasteiger partial charge < -0.3 is 4.74 Å². The summed E-state index contributed by atoms with van der Waals surface area (Å²) in [5.41, 5.74) is 3.92. The lowest BCUT2D eigenvalue weighted by atomic mass is 10.1. The lowest BCUT2D eigenvalue weighted by Crippen LogP contribution is -2.31. The second-order valence-electron chi connectivity index (χ2n) is 6.49. The van der Waals surface area contributed by atoms with Crippen molar-refractivity contribution < 1.29 is 4.74 Å². The number of nitrogens with zero attached hydrogens (tertiary/aromatic N) is 1. The number of halogens is 2. The van der Waals surface area contributed by atoms with Crippen LogP contribution in [0.1, 0.15) is 29.5 Å². The standard InChI is InChI=1S/C20H23Br2NO/c1-15-8-9-17(20(22)11-15)13-23(14-18-6-4-10-24-18)12-16-5-2-3-7-19(16)21/h2-3,5,7-9,11,18H,4,6,10,12-14H2,1H3. The van der Waals surface area contributed by atoms with E-state index in [4.69, 9.17) is 4.74 Å². The first-order valence-corrected chi connectivity index (χ1v) is 10.0. The summed E-state index contributed by atoms with van der Waals surface area (Å²) in [5, 5.41) is 0. The molecule has 2 aromatic carbocycles. The molecule has 0 amide bonds. The Morgan fingerprint density at radius 3 is 2.46 bits per heavy atom. The van der Waals surface area contributed by atoms with Crippen molar-refractivity contribution in [1.29, 1.82) is 0 Å². The van der Waals surface area contributed by atoms with Crippen molar-refractivity contribution in [2.75, 3.05) is 13.2 Å². The number of rotatable bonds is 6. The number of aryl methyl sites for hydroxylation is 1. The van der Waals surface area contributed by atoms with Crippen LogP contribution in [0.2, 0.25) is 0 Å². The van der Waals surface area contributed by atoms with Crippen LogP contribution in [0, 0.1) is 6.92 Å². The molecular formula is C20H23Br2NO. The van der Waals surface area contributed by atoms with Gasteiger partial charge >= 0.3 is 0 Å². The van der Waals surface area contributed by atoms with Crippen LogP contribution in [0.4, 0.5) is 0 Å². The Bertz CT molecular complexity index is 683. The minimum atomic E-state index is 0.358. The normalized spacial score (nSPS) is 17.6. The molecule has 0 saturated carbocycles. The second-order valence-corrected chi connectivity index (χ2v) is 8.20. The van der Waals surface area contributed by atoms with Crippen LogP contribution in [-0.2, 0) is 17.8 Å². The summed E-state index contributed by atoms with van der Waals surface area (Å²) in [6.07, 6.45) is 2.71. The van der Waals surface area contributed by atoms with Gasteiger partial charge in [-0.2, -0.15) is 0 Å². The third-order valence-electron chi connectivity index (χ3n) is 4.44. The highest BCUT2D eigenvalue weighted by Gasteiger charge is 2.20. The van der Waals surface area contributed by atoms with Crippen molar-refractivity contribution in [3.05, 3.63) is 68.1 Å². The molecule has 3 rings (SSSR count). The first-order chi connectivity index (χ1) is 11.6. The van der Waals surface area contributed by atoms with Crippen LogP contribution in [0.15, 0.2) is 51.4 Å². The van der Waals surface area contributed by atoms with E-state index in [1.54, 1.807) is 0 Å². The van der Waals surface area contributed by atoms with Crippen molar-refractivity contribution in [3.63, 3.8) is 0 Å². The van der Waals surface area contributed by atoms with E-state index in [0.29, 0.717) is 6.10 Å². The van der Waals surface area contributed by atoms with Gasteiger partial charge in [-0.25, -0.2) is 0 Å². The Hall–Kier alpha value is -0.680. The molecule has 2 aromatic rings. The van der Waals surface area contributed by atoms with Gasteiger partial charge in [0.15, 0.2) is 0 Å². The zero-order valence-electron chi connectivity index (χ0n) is 14.0. The van der Waals surface area contributed by atoms with E-state index in [1.807, 2.05) is 0 Å². The molecule has 0 aliphatic carbocycles. The van der Waals surface area contributed by atoms with Crippen molar-refractivity contribution in [2.45, 2.75) is 39.0 Å². The maximum atomic E-state index is 5.87. The Labute approximate surface area is 161 Å². The van der Waals surface area contributed by atoms with Crippen LogP contribution in [0.5, 0.6) is 0 Å². The molecule has 1 atom stereocenters. The van der Waals surface area contributed by atoms with Gasteiger partial charge in [0, 0.05) is 35.2 Å². The van der Waals surface area contributed by atoms with Gasteiger partial charge in [-0.15, -0.1) is 0 Å². The molecule has 1 aliphatic heterocycles. The van der Waals surface area contributed by atoms with E-state index in [0.717, 1.165) is 26.2 Å². The van der Waals surface area contributed by atoms with Gasteiger partial charge in [0.05, 0.1) is 6.10 Å². The Balaban J connectivity index is 1.77. The molecule has 128 valence electrons. The first-order valence-electron chi connectivity index (χ1n) is 8.44. The van der Waals surface area contributed by atoms with Gasteiger partial charge in [0.2, 0.25) is 0 Å². The van der Waals surface area contributed by atoms with Crippen molar-refractivity contribution in [2.24, 2.45) is 0 Å². The van der Waals surface area contributed by atoms with E-state index in [9.17, 15) is 0 Å². The molecular weight excluding hydrogens is 430 g/mol. The molecule has 0 bridgehead atoms. The summed E-state index contributed by atoms with van der Waals surface area (Å²) in [4.78, 5) is 2.49. The SMILES string of the molecule is Cc1ccc(CN(Cc2ccccc2Br)CC2CCCO2)c(Br)c1. The smallest absolute Gasteiger partial charge is 0.0703 e. The minimum Gasteiger partial charge on any atom is -0.377 e. The van der Waals surface area contributed by atoms with Gasteiger partial charge in [-0.05, 0) is 48.6 Å². The highest BCUT2D eigenvalue weighted by Crippen LogP contribution is 2.24. The number of hydrogen-bond acceptors (Lipinski definition) is 2. The highest BCUT2D eigenvalue weighted by molar-refractivity contribution is 9.10. The quantitative estimate of drug-likeness (QED) is 0.557. The fourth-order valence-corrected chi connectivity index (χ4v) is 4.18. The summed E-state index contributed by atoms with van der Waals surface area (Å²) in [7, 11) is 0. The van der Waals surface area contributed by atoms with Gasteiger partial charge in [0.1, 0.15) is 0 Å². The number of ether oxygens (including phenoxy) is 1. The summed E-state index contributed by atoms with van der Waals surface area (Å²) >= 11 is 7.40. The largest absolute Gasteiger partial charge is 0.377 e. The molecule has 0 spiro atoms. The number of hydrogen-bond donors (Lipinski definition) is 0. The second kappa shape index (κ2) is 8.61. The average molecular weight is 453 g/mol. The predicted octanol–water partition coefficient (Wildman–Crippen LogP) is 5.70. The molecule has 1 heterocycles. The predicted molar refractivity (Wildman–Crippen MR) is 106 cm³/mol. The van der Waals surface area contributed by atoms with Crippen LogP contribution in [0.3, 0.4) is 0 Å². The third-order valence-corrected chi connectivity index (χ3v) is 5.95. The van der Waals surface area contributed by atoms with Crippen molar-refractivity contribution in [3.8, 4) is 0 Å². The summed E-state index contributed by atoms with van der Waals surface area (Å²) in [5.74, 6) is 0. The molecule has 1 aliphatic rings. The zero-order valence-corrected chi connectivity index (χ0v) is 17.1. The van der Waals surface area contributed by atoms with E-state index in [1.165, 1.54) is 38.5 Å². The van der Waals surface area contributed by atoms with E-state index >= 15 is 0 Å². The summed E-state index contributed by atoms with van der Waals surface area (Å²) in [6, 6.07) is 15.1. The van der Waals surface area contributed by atoms with Gasteiger partial charge in [-0.1, -0.05) is 62.2 Å². The van der Waals surface area contributed by atoms with Crippen LogP contribution in [0.25, 0.3) is 0 Å². The summed E-state index contributed by atoms with van der Waals surface area (Å²) in [6.45, 7) is 5.84. The fraction of sp³-hybridized carbons (Fsp3) is 0.400. The van der Waals surface area contributed by atoms with E-state index in [-0.39, 0.29) is 0 Å². The van der Waals surface area contributed by atoms with Crippen LogP contribution < -0.4 is 0 Å². The lowest BCUT2D eigenvalue weighted by Gasteiger charge is -2.26. The fourth-order valence-electron chi connectivity index (χ4n) is 3.15. The molecule has 0 N–H and O–H groups in total. The molecule has 1 saturated heterocycles. The maximum Gasteiger partial charge on any atom is 0.0703 e. The van der Waals surface area contributed by atoms with Crippen LogP contribution >= 0.6 is 31.9 Å². The molecule has 24 heavy (non-hydrogen) atoms. The molecule has 1 unspecified atom stereocenters. The Kier molecular flexibility index (Phi) is 6.50. The van der Waals surface area contributed by atoms with Crippen LogP contribution in [-0.4, -0.2) is 24.2 Å². The first kappa shape index (κ1) is 18.1. The van der Waals surface area contributed by atoms with E-state index < -0.39 is 0 Å². The van der Waals surface area contributed by atoms with Gasteiger partial charge in [-0.3, -0.25) is 4.90 Å². The van der Waals surface area contributed by atoms with Gasteiger partial charge in [0.25, 0.3) is 0 Å². The van der Waals surface area contributed by atoms with Crippen molar-refractivity contribution in [1.82, 2.24) is 4.90 Å². The molecule has 1 fully saturated rings. The van der Waals surface area contributed by atoms with Crippen molar-refractivity contribution >= 4 is 31.9 Å².